The van der Waals surface area contributed by atoms with E-state index in [9.17, 15) is 4.79 Å². The van der Waals surface area contributed by atoms with Gasteiger partial charge in [0.2, 0.25) is 5.91 Å². The molecular weight excluding hydrogens is 226 g/mol. The Morgan fingerprint density at radius 2 is 2.06 bits per heavy atom. The molecular formula is C15H23NO2. The second kappa shape index (κ2) is 7.04. The van der Waals surface area contributed by atoms with Crippen LogP contribution in [0.2, 0.25) is 0 Å². The van der Waals surface area contributed by atoms with Gasteiger partial charge in [-0.3, -0.25) is 4.79 Å². The maximum absolute atomic E-state index is 11.4. The minimum atomic E-state index is 0.0922. The lowest BCUT2D eigenvalue weighted by molar-refractivity contribution is -0.121. The van der Waals surface area contributed by atoms with E-state index in [0.29, 0.717) is 13.0 Å². The van der Waals surface area contributed by atoms with Crippen molar-refractivity contribution in [1.82, 2.24) is 5.32 Å². The third kappa shape index (κ3) is 5.21. The van der Waals surface area contributed by atoms with Crippen LogP contribution in [0.1, 0.15) is 37.8 Å². The van der Waals surface area contributed by atoms with Gasteiger partial charge in [0.25, 0.3) is 0 Å². The van der Waals surface area contributed by atoms with Crippen molar-refractivity contribution in [3.63, 3.8) is 0 Å². The van der Waals surface area contributed by atoms with Crippen LogP contribution in [0.3, 0.4) is 0 Å². The van der Waals surface area contributed by atoms with Crippen LogP contribution in [-0.4, -0.2) is 18.6 Å². The number of hydrogen-bond donors (Lipinski definition) is 1. The molecule has 1 aromatic rings. The number of benzene rings is 1. The van der Waals surface area contributed by atoms with Crippen molar-refractivity contribution < 1.29 is 9.53 Å². The van der Waals surface area contributed by atoms with E-state index in [1.807, 2.05) is 33.8 Å². The number of carbonyl (C=O) groups excluding carboxylic acids is 1. The second-order valence-corrected chi connectivity index (χ2v) is 4.94. The first kappa shape index (κ1) is 14.6. The quantitative estimate of drug-likeness (QED) is 0.787. The Morgan fingerprint density at radius 1 is 1.33 bits per heavy atom. The molecule has 0 aromatic heterocycles. The van der Waals surface area contributed by atoms with Crippen LogP contribution in [0.25, 0.3) is 0 Å². The Morgan fingerprint density at radius 3 is 2.72 bits per heavy atom. The van der Waals surface area contributed by atoms with Gasteiger partial charge in [-0.15, -0.1) is 0 Å². The van der Waals surface area contributed by atoms with Crippen molar-refractivity contribution in [1.29, 1.82) is 0 Å². The number of hydrogen-bond acceptors (Lipinski definition) is 2. The summed E-state index contributed by atoms with van der Waals surface area (Å²) >= 11 is 0. The van der Waals surface area contributed by atoms with Crippen LogP contribution in [0.15, 0.2) is 18.2 Å². The molecule has 1 amide bonds. The van der Waals surface area contributed by atoms with E-state index in [1.165, 1.54) is 5.56 Å². The standard InChI is InChI=1S/C15H23NO2/c1-11(2)16-15(17)6-5-9-18-14-10-12(3)7-8-13(14)4/h7-8,10-11H,5-6,9H2,1-4H3,(H,16,17). The monoisotopic (exact) mass is 249 g/mol. The number of carbonyl (C=O) groups is 1. The van der Waals surface area contributed by atoms with Gasteiger partial charge in [-0.2, -0.15) is 0 Å². The molecule has 18 heavy (non-hydrogen) atoms. The van der Waals surface area contributed by atoms with Gasteiger partial charge in [0.05, 0.1) is 6.61 Å². The summed E-state index contributed by atoms with van der Waals surface area (Å²) in [7, 11) is 0. The van der Waals surface area contributed by atoms with Crippen molar-refractivity contribution >= 4 is 5.91 Å². The van der Waals surface area contributed by atoms with E-state index >= 15 is 0 Å². The summed E-state index contributed by atoms with van der Waals surface area (Å²) in [4.78, 5) is 11.4. The first-order valence-corrected chi connectivity index (χ1v) is 6.48. The first-order chi connectivity index (χ1) is 8.49. The minimum Gasteiger partial charge on any atom is -0.493 e. The number of ether oxygens (including phenoxy) is 1. The van der Waals surface area contributed by atoms with Crippen molar-refractivity contribution in [3.05, 3.63) is 29.3 Å². The predicted molar refractivity (Wildman–Crippen MR) is 73.9 cm³/mol. The van der Waals surface area contributed by atoms with Gasteiger partial charge in [-0.1, -0.05) is 12.1 Å². The molecule has 0 atom stereocenters. The fraction of sp³-hybridized carbons (Fsp3) is 0.533. The zero-order chi connectivity index (χ0) is 13.5. The average molecular weight is 249 g/mol. The highest BCUT2D eigenvalue weighted by atomic mass is 16.5. The third-order valence-electron chi connectivity index (χ3n) is 2.60. The molecule has 1 aromatic carbocycles. The summed E-state index contributed by atoms with van der Waals surface area (Å²) < 4.78 is 5.69. The zero-order valence-corrected chi connectivity index (χ0v) is 11.7. The van der Waals surface area contributed by atoms with Gasteiger partial charge in [0.1, 0.15) is 5.75 Å². The normalized spacial score (nSPS) is 10.5. The Bertz CT molecular complexity index is 399. The number of aryl methyl sites for hydroxylation is 2. The van der Waals surface area contributed by atoms with Crippen LogP contribution < -0.4 is 10.1 Å². The zero-order valence-electron chi connectivity index (χ0n) is 11.7. The van der Waals surface area contributed by atoms with E-state index in [4.69, 9.17) is 4.74 Å². The molecule has 100 valence electrons. The molecule has 0 aliphatic carbocycles. The van der Waals surface area contributed by atoms with Gasteiger partial charge in [0.15, 0.2) is 0 Å². The highest BCUT2D eigenvalue weighted by Gasteiger charge is 2.04. The lowest BCUT2D eigenvalue weighted by Crippen LogP contribution is -2.30. The second-order valence-electron chi connectivity index (χ2n) is 4.94. The molecule has 0 saturated heterocycles. The molecule has 3 heteroatoms. The number of nitrogens with one attached hydrogen (secondary N) is 1. The Balaban J connectivity index is 2.29. The summed E-state index contributed by atoms with van der Waals surface area (Å²) in [6.07, 6.45) is 1.26. The van der Waals surface area contributed by atoms with Crippen LogP contribution in [0.4, 0.5) is 0 Å². The largest absolute Gasteiger partial charge is 0.493 e. The summed E-state index contributed by atoms with van der Waals surface area (Å²) in [6, 6.07) is 6.36. The summed E-state index contributed by atoms with van der Waals surface area (Å²) in [5.74, 6) is 1.01. The van der Waals surface area contributed by atoms with Gasteiger partial charge in [-0.25, -0.2) is 0 Å². The molecule has 0 fully saturated rings. The highest BCUT2D eigenvalue weighted by Crippen LogP contribution is 2.19. The molecule has 0 bridgehead atoms. The molecule has 0 aliphatic heterocycles. The molecule has 0 aliphatic rings. The van der Waals surface area contributed by atoms with E-state index in [0.717, 1.165) is 17.7 Å². The van der Waals surface area contributed by atoms with Crippen LogP contribution in [0, 0.1) is 13.8 Å². The van der Waals surface area contributed by atoms with Gasteiger partial charge >= 0.3 is 0 Å². The van der Waals surface area contributed by atoms with Gasteiger partial charge < -0.3 is 10.1 Å². The highest BCUT2D eigenvalue weighted by molar-refractivity contribution is 5.76. The van der Waals surface area contributed by atoms with E-state index in [1.54, 1.807) is 0 Å². The third-order valence-corrected chi connectivity index (χ3v) is 2.60. The SMILES string of the molecule is Cc1ccc(C)c(OCCCC(=O)NC(C)C)c1. The Hall–Kier alpha value is -1.51. The topological polar surface area (TPSA) is 38.3 Å². The molecule has 0 heterocycles. The van der Waals surface area contributed by atoms with Crippen LogP contribution in [0.5, 0.6) is 5.75 Å². The summed E-state index contributed by atoms with van der Waals surface area (Å²) in [5.41, 5.74) is 2.32. The smallest absolute Gasteiger partial charge is 0.220 e. The molecule has 3 nitrogen and oxygen atoms in total. The predicted octanol–water partition coefficient (Wildman–Crippen LogP) is 2.99. The Kier molecular flexibility index (Phi) is 5.69. The van der Waals surface area contributed by atoms with Crippen molar-refractivity contribution in [3.8, 4) is 5.75 Å². The van der Waals surface area contributed by atoms with Gasteiger partial charge in [-0.05, 0) is 51.3 Å². The molecule has 0 radical (unpaired) electrons. The summed E-state index contributed by atoms with van der Waals surface area (Å²) in [6.45, 7) is 8.58. The number of amides is 1. The average Bonchev–Trinajstić information content (AvgIpc) is 2.28. The lowest BCUT2D eigenvalue weighted by Gasteiger charge is -2.11. The summed E-state index contributed by atoms with van der Waals surface area (Å²) in [5, 5.41) is 2.87. The Labute approximate surface area is 110 Å². The molecule has 1 rings (SSSR count). The fourth-order valence-corrected chi connectivity index (χ4v) is 1.67. The fourth-order valence-electron chi connectivity index (χ4n) is 1.67. The molecule has 0 spiro atoms. The van der Waals surface area contributed by atoms with Crippen molar-refractivity contribution in [2.24, 2.45) is 0 Å². The maximum atomic E-state index is 11.4. The van der Waals surface area contributed by atoms with Crippen molar-refractivity contribution in [2.45, 2.75) is 46.6 Å². The molecule has 0 saturated carbocycles. The lowest BCUT2D eigenvalue weighted by atomic mass is 10.1. The van der Waals surface area contributed by atoms with E-state index in [2.05, 4.69) is 17.4 Å². The first-order valence-electron chi connectivity index (χ1n) is 6.48. The minimum absolute atomic E-state index is 0.0922. The van der Waals surface area contributed by atoms with Crippen LogP contribution >= 0.6 is 0 Å². The van der Waals surface area contributed by atoms with Crippen molar-refractivity contribution in [2.75, 3.05) is 6.61 Å². The molecule has 0 unspecified atom stereocenters. The molecule has 1 N–H and O–H groups in total. The maximum Gasteiger partial charge on any atom is 0.220 e. The number of rotatable bonds is 6. The van der Waals surface area contributed by atoms with Crippen LogP contribution in [-0.2, 0) is 4.79 Å². The van der Waals surface area contributed by atoms with Gasteiger partial charge in [0, 0.05) is 12.5 Å². The van der Waals surface area contributed by atoms with E-state index in [-0.39, 0.29) is 11.9 Å². The van der Waals surface area contributed by atoms with E-state index < -0.39 is 0 Å².